The summed E-state index contributed by atoms with van der Waals surface area (Å²) in [5, 5.41) is 3.30. The summed E-state index contributed by atoms with van der Waals surface area (Å²) in [4.78, 5) is 26.1. The summed E-state index contributed by atoms with van der Waals surface area (Å²) in [7, 11) is 0. The van der Waals surface area contributed by atoms with Crippen LogP contribution in [0, 0.1) is 5.92 Å². The number of para-hydroxylation sites is 1. The number of carbonyl (C=O) groups excluding carboxylic acids is 2. The van der Waals surface area contributed by atoms with E-state index in [1.807, 2.05) is 6.07 Å². The lowest BCUT2D eigenvalue weighted by Gasteiger charge is -2.20. The Hall–Kier alpha value is -1.59. The Morgan fingerprint density at radius 2 is 2.23 bits per heavy atom. The van der Waals surface area contributed by atoms with Crippen LogP contribution >= 0.6 is 11.6 Å². The molecule has 2 unspecified atom stereocenters. The SMILES string of the molecule is O=C(Nc1ccccc1Cl)C1CC(=O)N(CC2CCCO2)C1. The first kappa shape index (κ1) is 15.3. The van der Waals surface area contributed by atoms with Crippen LogP contribution in [0.15, 0.2) is 24.3 Å². The maximum Gasteiger partial charge on any atom is 0.229 e. The second-order valence-electron chi connectivity index (χ2n) is 5.80. The van der Waals surface area contributed by atoms with Gasteiger partial charge in [-0.3, -0.25) is 9.59 Å². The molecule has 0 bridgehead atoms. The molecule has 2 saturated heterocycles. The molecule has 3 rings (SSSR count). The Balaban J connectivity index is 1.57. The normalized spacial score (nSPS) is 24.8. The summed E-state index contributed by atoms with van der Waals surface area (Å²) in [6.45, 7) is 1.81. The van der Waals surface area contributed by atoms with Crippen LogP contribution in [0.5, 0.6) is 0 Å². The van der Waals surface area contributed by atoms with Gasteiger partial charge in [0.2, 0.25) is 11.8 Å². The summed E-state index contributed by atoms with van der Waals surface area (Å²) in [5.74, 6) is -0.462. The molecule has 22 heavy (non-hydrogen) atoms. The highest BCUT2D eigenvalue weighted by Crippen LogP contribution is 2.25. The van der Waals surface area contributed by atoms with Crippen molar-refractivity contribution in [2.75, 3.05) is 25.0 Å². The van der Waals surface area contributed by atoms with Crippen LogP contribution in [-0.2, 0) is 14.3 Å². The molecule has 1 aromatic carbocycles. The van der Waals surface area contributed by atoms with E-state index in [-0.39, 0.29) is 30.3 Å². The number of carbonyl (C=O) groups is 2. The number of halogens is 1. The van der Waals surface area contributed by atoms with Crippen molar-refractivity contribution in [1.82, 2.24) is 4.90 Å². The molecule has 1 aromatic rings. The Morgan fingerprint density at radius 1 is 1.41 bits per heavy atom. The van der Waals surface area contributed by atoms with Gasteiger partial charge >= 0.3 is 0 Å². The highest BCUT2D eigenvalue weighted by atomic mass is 35.5. The fourth-order valence-electron chi connectivity index (χ4n) is 2.96. The molecule has 6 heteroatoms. The highest BCUT2D eigenvalue weighted by molar-refractivity contribution is 6.33. The molecule has 0 aromatic heterocycles. The average Bonchev–Trinajstić information content (AvgIpc) is 3.13. The van der Waals surface area contributed by atoms with Gasteiger partial charge in [-0.2, -0.15) is 0 Å². The van der Waals surface area contributed by atoms with Gasteiger partial charge in [0.1, 0.15) is 0 Å². The van der Waals surface area contributed by atoms with Crippen molar-refractivity contribution in [2.45, 2.75) is 25.4 Å². The molecular formula is C16H19ClN2O3. The van der Waals surface area contributed by atoms with Gasteiger partial charge in [0, 0.05) is 26.1 Å². The fourth-order valence-corrected chi connectivity index (χ4v) is 3.14. The zero-order chi connectivity index (χ0) is 15.5. The molecule has 2 atom stereocenters. The first-order chi connectivity index (χ1) is 10.6. The number of rotatable bonds is 4. The van der Waals surface area contributed by atoms with Crippen LogP contribution in [-0.4, -0.2) is 42.5 Å². The molecule has 2 aliphatic rings. The molecule has 0 spiro atoms. The topological polar surface area (TPSA) is 58.6 Å². The van der Waals surface area contributed by atoms with Gasteiger partial charge in [0.25, 0.3) is 0 Å². The third kappa shape index (κ3) is 3.42. The number of nitrogens with zero attached hydrogens (tertiary/aromatic N) is 1. The van der Waals surface area contributed by atoms with E-state index in [1.54, 1.807) is 23.1 Å². The first-order valence-electron chi connectivity index (χ1n) is 7.58. The number of anilines is 1. The van der Waals surface area contributed by atoms with Crippen molar-refractivity contribution in [3.63, 3.8) is 0 Å². The molecule has 2 aliphatic heterocycles. The van der Waals surface area contributed by atoms with E-state index >= 15 is 0 Å². The number of ether oxygens (including phenoxy) is 1. The van der Waals surface area contributed by atoms with E-state index < -0.39 is 0 Å². The van der Waals surface area contributed by atoms with Crippen molar-refractivity contribution < 1.29 is 14.3 Å². The molecule has 1 N–H and O–H groups in total. The van der Waals surface area contributed by atoms with Gasteiger partial charge in [0.05, 0.1) is 22.7 Å². The maximum absolute atomic E-state index is 12.3. The second-order valence-corrected chi connectivity index (χ2v) is 6.21. The van der Waals surface area contributed by atoms with Crippen LogP contribution in [0.3, 0.4) is 0 Å². The fraction of sp³-hybridized carbons (Fsp3) is 0.500. The van der Waals surface area contributed by atoms with E-state index in [1.165, 1.54) is 0 Å². The number of hydrogen-bond donors (Lipinski definition) is 1. The van der Waals surface area contributed by atoms with Crippen molar-refractivity contribution in [3.8, 4) is 0 Å². The van der Waals surface area contributed by atoms with Crippen LogP contribution in [0.1, 0.15) is 19.3 Å². The van der Waals surface area contributed by atoms with E-state index in [0.717, 1.165) is 19.4 Å². The number of hydrogen-bond acceptors (Lipinski definition) is 3. The van der Waals surface area contributed by atoms with Crippen LogP contribution in [0.2, 0.25) is 5.02 Å². The summed E-state index contributed by atoms with van der Waals surface area (Å²) < 4.78 is 5.56. The quantitative estimate of drug-likeness (QED) is 0.925. The van der Waals surface area contributed by atoms with Gasteiger partial charge in [-0.1, -0.05) is 23.7 Å². The zero-order valence-electron chi connectivity index (χ0n) is 12.3. The van der Waals surface area contributed by atoms with E-state index in [2.05, 4.69) is 5.32 Å². The van der Waals surface area contributed by atoms with E-state index in [0.29, 0.717) is 23.8 Å². The van der Waals surface area contributed by atoms with Crippen molar-refractivity contribution in [2.24, 2.45) is 5.92 Å². The number of amides is 2. The summed E-state index contributed by atoms with van der Waals surface area (Å²) >= 11 is 6.04. The molecule has 5 nitrogen and oxygen atoms in total. The Morgan fingerprint density at radius 3 is 2.95 bits per heavy atom. The predicted molar refractivity (Wildman–Crippen MR) is 83.7 cm³/mol. The average molecular weight is 323 g/mol. The molecule has 118 valence electrons. The van der Waals surface area contributed by atoms with E-state index in [9.17, 15) is 9.59 Å². The number of likely N-dealkylation sites (tertiary alicyclic amines) is 1. The minimum absolute atomic E-state index is 0.0230. The lowest BCUT2D eigenvalue weighted by molar-refractivity contribution is -0.129. The second kappa shape index (κ2) is 6.67. The predicted octanol–water partition coefficient (Wildman–Crippen LogP) is 2.31. The lowest BCUT2D eigenvalue weighted by Crippen LogP contribution is -2.34. The molecule has 0 saturated carbocycles. The van der Waals surface area contributed by atoms with Crippen LogP contribution in [0.4, 0.5) is 5.69 Å². The largest absolute Gasteiger partial charge is 0.376 e. The summed E-state index contributed by atoms with van der Waals surface area (Å²) in [5.41, 5.74) is 0.583. The number of benzene rings is 1. The Bertz CT molecular complexity index is 572. The highest BCUT2D eigenvalue weighted by Gasteiger charge is 2.36. The molecule has 0 aliphatic carbocycles. The summed E-state index contributed by atoms with van der Waals surface area (Å²) in [6, 6.07) is 7.09. The first-order valence-corrected chi connectivity index (χ1v) is 7.96. The molecule has 2 amide bonds. The smallest absolute Gasteiger partial charge is 0.229 e. The van der Waals surface area contributed by atoms with Gasteiger partial charge in [-0.15, -0.1) is 0 Å². The van der Waals surface area contributed by atoms with E-state index in [4.69, 9.17) is 16.3 Å². The van der Waals surface area contributed by atoms with Gasteiger partial charge in [-0.25, -0.2) is 0 Å². The third-order valence-electron chi connectivity index (χ3n) is 4.17. The summed E-state index contributed by atoms with van der Waals surface area (Å²) in [6.07, 6.45) is 2.40. The molecular weight excluding hydrogens is 304 g/mol. The van der Waals surface area contributed by atoms with Crippen molar-refractivity contribution in [1.29, 1.82) is 0 Å². The lowest BCUT2D eigenvalue weighted by atomic mass is 10.1. The van der Waals surface area contributed by atoms with Crippen LogP contribution in [0.25, 0.3) is 0 Å². The zero-order valence-corrected chi connectivity index (χ0v) is 13.0. The van der Waals surface area contributed by atoms with Crippen LogP contribution < -0.4 is 5.32 Å². The third-order valence-corrected chi connectivity index (χ3v) is 4.49. The van der Waals surface area contributed by atoms with Gasteiger partial charge < -0.3 is 15.0 Å². The molecule has 2 fully saturated rings. The number of nitrogens with one attached hydrogen (secondary N) is 1. The maximum atomic E-state index is 12.3. The van der Waals surface area contributed by atoms with Crippen molar-refractivity contribution >= 4 is 29.1 Å². The Labute approximate surface area is 134 Å². The van der Waals surface area contributed by atoms with Gasteiger partial charge in [0.15, 0.2) is 0 Å². The van der Waals surface area contributed by atoms with Crippen molar-refractivity contribution in [3.05, 3.63) is 29.3 Å². The molecule has 2 heterocycles. The minimum Gasteiger partial charge on any atom is -0.376 e. The molecule has 0 radical (unpaired) electrons. The standard InChI is InChI=1S/C16H19ClN2O3/c17-13-5-1-2-6-14(13)18-16(21)11-8-15(20)19(9-11)10-12-4-3-7-22-12/h1-2,5-6,11-12H,3-4,7-10H2,(H,18,21). The Kier molecular flexibility index (Phi) is 4.64. The van der Waals surface area contributed by atoms with Gasteiger partial charge in [-0.05, 0) is 25.0 Å². The minimum atomic E-state index is -0.329. The monoisotopic (exact) mass is 322 g/mol.